The van der Waals surface area contributed by atoms with Crippen molar-refractivity contribution in [1.82, 2.24) is 0 Å². The van der Waals surface area contributed by atoms with Crippen LogP contribution in [-0.4, -0.2) is 0 Å². The van der Waals surface area contributed by atoms with Gasteiger partial charge in [-0.3, -0.25) is 0 Å². The van der Waals surface area contributed by atoms with E-state index in [0.717, 1.165) is 36.3 Å². The summed E-state index contributed by atoms with van der Waals surface area (Å²) >= 11 is 0. The first-order valence-electron chi connectivity index (χ1n) is 32.0. The number of anilines is 5. The number of nitrogens with zero attached hydrogens (tertiary/aromatic N) is 2. The van der Waals surface area contributed by atoms with Crippen LogP contribution in [0.15, 0.2) is 260 Å². The van der Waals surface area contributed by atoms with E-state index in [4.69, 9.17) is 0 Å². The molecule has 1 unspecified atom stereocenters. The SMILES string of the molecule is CC1(C)C2=C(C=CCC2)c2ccc(N(c3ccc4c(c3)C(C)(C)c3ccccc3-4)c3c4ccc(-c5ccccc5)cc4c(N(C4=CCC5C(=C4)c4ccccc4C5(C)C)c4ccc5c(c4)C(C)(C)c4ccccc4-5)c4ccc(-c5ccccc5)cc34)cc21. The maximum absolute atomic E-state index is 2.68. The van der Waals surface area contributed by atoms with E-state index in [1.165, 1.54) is 139 Å². The fourth-order valence-corrected chi connectivity index (χ4v) is 17.2. The minimum absolute atomic E-state index is 0.0179. The van der Waals surface area contributed by atoms with Crippen LogP contribution < -0.4 is 9.80 Å². The highest BCUT2D eigenvalue weighted by Gasteiger charge is 2.45. The van der Waals surface area contributed by atoms with E-state index >= 15 is 0 Å². The lowest BCUT2D eigenvalue weighted by Crippen LogP contribution is -2.26. The molecule has 0 aromatic heterocycles. The van der Waals surface area contributed by atoms with E-state index in [0.29, 0.717) is 5.92 Å². The lowest BCUT2D eigenvalue weighted by atomic mass is 9.74. The molecule has 0 bridgehead atoms. The Labute approximate surface area is 519 Å². The monoisotopic (exact) mass is 1130 g/mol. The average Bonchev–Trinajstić information content (AvgIpc) is 1.01. The minimum atomic E-state index is -0.218. The summed E-state index contributed by atoms with van der Waals surface area (Å²) in [5.41, 5.74) is 31.8. The van der Waals surface area contributed by atoms with Crippen LogP contribution in [0, 0.1) is 5.92 Å². The highest BCUT2D eigenvalue weighted by Crippen LogP contribution is 2.60. The summed E-state index contributed by atoms with van der Waals surface area (Å²) in [5.74, 6) is 0.352. The molecule has 0 amide bonds. The Kier molecular flexibility index (Phi) is 11.4. The van der Waals surface area contributed by atoms with Crippen molar-refractivity contribution >= 4 is 61.1 Å². The molecule has 426 valence electrons. The minimum Gasteiger partial charge on any atom is -0.310 e. The van der Waals surface area contributed by atoms with Gasteiger partial charge in [0.25, 0.3) is 0 Å². The third-order valence-electron chi connectivity index (χ3n) is 21.8. The highest BCUT2D eigenvalue weighted by atomic mass is 15.2. The molecule has 17 rings (SSSR count). The summed E-state index contributed by atoms with van der Waals surface area (Å²) in [5, 5.41) is 4.75. The molecule has 0 heterocycles. The molecule has 0 saturated carbocycles. The summed E-state index contributed by atoms with van der Waals surface area (Å²) in [6.45, 7) is 19.5. The number of hydrogen-bond acceptors (Lipinski definition) is 2. The van der Waals surface area contributed by atoms with Crippen LogP contribution >= 0.6 is 0 Å². The fourth-order valence-electron chi connectivity index (χ4n) is 17.2. The van der Waals surface area contributed by atoms with Gasteiger partial charge >= 0.3 is 0 Å². The Balaban J connectivity index is 1.01. The molecular weight excluding hydrogens is 1060 g/mol. The molecule has 1 atom stereocenters. The van der Waals surface area contributed by atoms with Gasteiger partial charge in [0.1, 0.15) is 0 Å². The zero-order valence-corrected chi connectivity index (χ0v) is 51.8. The standard InChI is InChI=1S/C86H72N2/c1-83(2)76-34-22-18-30-64(76)70-49-57(40-46-77(70)83)87(58-37-43-65-61-27-15-19-31-73(61)84(3,4)78(65)50-58)81-68-41-35-56(54-25-13-10-14-26-54)48-72(68)82(69-42-36-55(47-71(69)81)53-23-11-9-12-24-53)88(59-38-44-66-62-28-16-20-32-74(62)85(5,6)79(66)51-59)60-39-45-67-63-29-17-21-33-75(63)86(7,8)80(67)52-60/h9-20,22-32,34-45,47-52,77H,21,33,46H2,1-8H3. The van der Waals surface area contributed by atoms with Crippen molar-refractivity contribution in [2.24, 2.45) is 5.92 Å². The van der Waals surface area contributed by atoms with Crippen LogP contribution in [0.25, 0.3) is 77.2 Å². The van der Waals surface area contributed by atoms with Gasteiger partial charge in [-0.15, -0.1) is 0 Å². The second kappa shape index (κ2) is 19.0. The second-order valence-corrected chi connectivity index (χ2v) is 27.9. The lowest BCUT2D eigenvalue weighted by Gasteiger charge is -2.37. The molecule has 11 aromatic carbocycles. The largest absolute Gasteiger partial charge is 0.310 e. The van der Waals surface area contributed by atoms with Crippen molar-refractivity contribution in [2.75, 3.05) is 9.80 Å². The first-order chi connectivity index (χ1) is 42.7. The number of rotatable bonds is 8. The van der Waals surface area contributed by atoms with Gasteiger partial charge in [0, 0.05) is 60.5 Å². The van der Waals surface area contributed by atoms with E-state index in [9.17, 15) is 0 Å². The molecule has 0 fully saturated rings. The van der Waals surface area contributed by atoms with Crippen LogP contribution in [-0.2, 0) is 21.7 Å². The quantitative estimate of drug-likeness (QED) is 0.111. The first-order valence-corrected chi connectivity index (χ1v) is 32.0. The van der Waals surface area contributed by atoms with Gasteiger partial charge in [-0.25, -0.2) is 0 Å². The fraction of sp³-hybridized carbons (Fsp3) is 0.186. The maximum Gasteiger partial charge on any atom is 0.0620 e. The Morgan fingerprint density at radius 1 is 0.364 bits per heavy atom. The van der Waals surface area contributed by atoms with Crippen LogP contribution in [0.2, 0.25) is 0 Å². The summed E-state index contributed by atoms with van der Waals surface area (Å²) in [6.07, 6.45) is 13.0. The van der Waals surface area contributed by atoms with Gasteiger partial charge < -0.3 is 9.80 Å². The zero-order valence-electron chi connectivity index (χ0n) is 51.8. The molecule has 11 aromatic rings. The highest BCUT2D eigenvalue weighted by molar-refractivity contribution is 6.24. The first kappa shape index (κ1) is 52.8. The van der Waals surface area contributed by atoms with Gasteiger partial charge in [-0.2, -0.15) is 0 Å². The Hall–Kier alpha value is -9.50. The van der Waals surface area contributed by atoms with Crippen LogP contribution in [0.1, 0.15) is 119 Å². The molecule has 0 aliphatic heterocycles. The molecular formula is C86H72N2. The summed E-state index contributed by atoms with van der Waals surface area (Å²) < 4.78 is 0. The third kappa shape index (κ3) is 7.54. The van der Waals surface area contributed by atoms with Crippen molar-refractivity contribution in [1.29, 1.82) is 0 Å². The molecule has 2 heteroatoms. The predicted octanol–water partition coefficient (Wildman–Crippen LogP) is 23.2. The Bertz CT molecular complexity index is 4940. The van der Waals surface area contributed by atoms with Crippen molar-refractivity contribution in [2.45, 2.75) is 96.3 Å². The van der Waals surface area contributed by atoms with E-state index in [2.05, 4.69) is 314 Å². The molecule has 0 saturated heterocycles. The molecule has 6 aliphatic rings. The summed E-state index contributed by atoms with van der Waals surface area (Å²) in [6, 6.07) is 86.4. The number of fused-ring (bicyclic) bond motifs is 13. The number of hydrogen-bond donors (Lipinski definition) is 0. The average molecular weight is 1130 g/mol. The molecule has 6 aliphatic carbocycles. The Morgan fingerprint density at radius 2 is 0.818 bits per heavy atom. The summed E-state index contributed by atoms with van der Waals surface area (Å²) in [4.78, 5) is 5.35. The number of benzene rings is 11. The van der Waals surface area contributed by atoms with Crippen LogP contribution in [0.3, 0.4) is 0 Å². The number of allylic oxidation sites excluding steroid dienone is 7. The summed E-state index contributed by atoms with van der Waals surface area (Å²) in [7, 11) is 0. The van der Waals surface area contributed by atoms with Gasteiger partial charge in [0.2, 0.25) is 0 Å². The van der Waals surface area contributed by atoms with Gasteiger partial charge in [-0.1, -0.05) is 255 Å². The van der Waals surface area contributed by atoms with Gasteiger partial charge in [0.05, 0.1) is 11.4 Å². The van der Waals surface area contributed by atoms with Crippen molar-refractivity contribution < 1.29 is 0 Å². The molecule has 2 nitrogen and oxygen atoms in total. The smallest absolute Gasteiger partial charge is 0.0620 e. The molecule has 0 spiro atoms. The Morgan fingerprint density at radius 3 is 1.38 bits per heavy atom. The van der Waals surface area contributed by atoms with Crippen molar-refractivity contribution in [3.8, 4) is 44.5 Å². The van der Waals surface area contributed by atoms with Crippen LogP contribution in [0.5, 0.6) is 0 Å². The van der Waals surface area contributed by atoms with E-state index in [1.807, 2.05) is 0 Å². The van der Waals surface area contributed by atoms with Crippen molar-refractivity contribution in [3.63, 3.8) is 0 Å². The topological polar surface area (TPSA) is 6.48 Å². The maximum atomic E-state index is 2.68. The van der Waals surface area contributed by atoms with Gasteiger partial charge in [-0.05, 0) is 185 Å². The molecule has 88 heavy (non-hydrogen) atoms. The predicted molar refractivity (Wildman–Crippen MR) is 373 cm³/mol. The van der Waals surface area contributed by atoms with E-state index in [1.54, 1.807) is 5.57 Å². The van der Waals surface area contributed by atoms with Gasteiger partial charge in [0.15, 0.2) is 0 Å². The van der Waals surface area contributed by atoms with Crippen molar-refractivity contribution in [3.05, 3.63) is 305 Å². The lowest BCUT2D eigenvalue weighted by molar-refractivity contribution is 0.413. The van der Waals surface area contributed by atoms with Crippen LogP contribution in [0.4, 0.5) is 28.4 Å². The molecule has 0 radical (unpaired) electrons. The molecule has 0 N–H and O–H groups in total. The second-order valence-electron chi connectivity index (χ2n) is 27.9. The normalized spacial score (nSPS) is 17.9. The van der Waals surface area contributed by atoms with E-state index in [-0.39, 0.29) is 21.7 Å². The third-order valence-corrected chi connectivity index (χ3v) is 21.8. The zero-order chi connectivity index (χ0) is 59.6. The van der Waals surface area contributed by atoms with E-state index < -0.39 is 0 Å².